The fraction of sp³-hybridized carbons (Fsp3) is 0.467. The van der Waals surface area contributed by atoms with Crippen LogP contribution in [-0.2, 0) is 19.7 Å². The Morgan fingerprint density at radius 2 is 1.54 bits per heavy atom. The van der Waals surface area contributed by atoms with Crippen LogP contribution in [0.3, 0.4) is 0 Å². The summed E-state index contributed by atoms with van der Waals surface area (Å²) in [7, 11) is -3.48. The van der Waals surface area contributed by atoms with Gasteiger partial charge in [0.15, 0.2) is 0 Å². The van der Waals surface area contributed by atoms with E-state index in [2.05, 4.69) is 4.90 Å². The van der Waals surface area contributed by atoms with Gasteiger partial charge in [-0.2, -0.15) is 8.42 Å². The van der Waals surface area contributed by atoms with Crippen LogP contribution in [0.1, 0.15) is 19.3 Å². The molecule has 1 saturated heterocycles. The molecule has 134 valence electrons. The molecule has 24 heavy (non-hydrogen) atoms. The highest BCUT2D eigenvalue weighted by atomic mass is 32.2. The maximum atomic E-state index is 11.8. The first-order valence-corrected chi connectivity index (χ1v) is 9.03. The predicted molar refractivity (Wildman–Crippen MR) is 86.4 cm³/mol. The third-order valence-electron chi connectivity index (χ3n) is 3.26. The monoisotopic (exact) mass is 359 g/mol. The summed E-state index contributed by atoms with van der Waals surface area (Å²) >= 11 is 0. The molecule has 0 unspecified atom stereocenters. The zero-order valence-corrected chi connectivity index (χ0v) is 13.9. The quantitative estimate of drug-likeness (QED) is 0.591. The van der Waals surface area contributed by atoms with Crippen LogP contribution in [-0.4, -0.2) is 60.9 Å². The van der Waals surface area contributed by atoms with E-state index < -0.39 is 22.1 Å². The highest BCUT2D eigenvalue weighted by molar-refractivity contribution is 7.87. The van der Waals surface area contributed by atoms with Crippen molar-refractivity contribution in [2.75, 3.05) is 25.4 Å². The molecular weight excluding hydrogens is 338 g/mol. The number of hydrogen-bond donors (Lipinski definition) is 2. The van der Waals surface area contributed by atoms with Gasteiger partial charge >= 0.3 is 22.1 Å². The lowest BCUT2D eigenvalue weighted by Gasteiger charge is -2.25. The first kappa shape index (κ1) is 19.9. The molecular formula is C15H21NO7S. The summed E-state index contributed by atoms with van der Waals surface area (Å²) in [6, 6.07) is 8.65. The third-order valence-corrected chi connectivity index (χ3v) is 4.38. The van der Waals surface area contributed by atoms with Gasteiger partial charge in [-0.1, -0.05) is 24.6 Å². The van der Waals surface area contributed by atoms with Crippen LogP contribution in [0.25, 0.3) is 0 Å². The summed E-state index contributed by atoms with van der Waals surface area (Å²) in [5.41, 5.74) is 0. The second kappa shape index (κ2) is 9.89. The van der Waals surface area contributed by atoms with Gasteiger partial charge in [-0.3, -0.25) is 0 Å². The van der Waals surface area contributed by atoms with E-state index in [1.165, 1.54) is 19.3 Å². The molecule has 0 spiro atoms. The maximum Gasteiger partial charge on any atom is 0.414 e. The van der Waals surface area contributed by atoms with E-state index in [4.69, 9.17) is 24.0 Å². The summed E-state index contributed by atoms with van der Waals surface area (Å²) < 4.78 is 28.6. The highest BCUT2D eigenvalue weighted by Crippen LogP contribution is 2.13. The van der Waals surface area contributed by atoms with E-state index in [9.17, 15) is 8.42 Å². The molecule has 0 saturated carbocycles. The van der Waals surface area contributed by atoms with Gasteiger partial charge in [0.25, 0.3) is 0 Å². The van der Waals surface area contributed by atoms with Crippen LogP contribution < -0.4 is 4.18 Å². The summed E-state index contributed by atoms with van der Waals surface area (Å²) in [6.07, 6.45) is 3.59. The first-order valence-electron chi connectivity index (χ1n) is 7.46. The molecule has 1 aliphatic rings. The lowest BCUT2D eigenvalue weighted by Crippen LogP contribution is -2.34. The molecule has 0 aromatic heterocycles. The number of piperidine rings is 1. The molecule has 0 atom stereocenters. The zero-order valence-electron chi connectivity index (χ0n) is 13.1. The lowest BCUT2D eigenvalue weighted by molar-refractivity contribution is -0.159. The molecule has 1 heterocycles. The predicted octanol–water partition coefficient (Wildman–Crippen LogP) is 1.04. The Balaban J connectivity index is 0.000000413. The molecule has 1 aromatic rings. The Morgan fingerprint density at radius 3 is 2.04 bits per heavy atom. The molecule has 0 amide bonds. The van der Waals surface area contributed by atoms with Crippen molar-refractivity contribution in [3.63, 3.8) is 0 Å². The number of para-hydroxylation sites is 1. The van der Waals surface area contributed by atoms with Crippen LogP contribution in [0.4, 0.5) is 0 Å². The molecule has 8 nitrogen and oxygen atoms in total. The summed E-state index contributed by atoms with van der Waals surface area (Å²) in [5, 5.41) is 14.8. The highest BCUT2D eigenvalue weighted by Gasteiger charge is 2.17. The van der Waals surface area contributed by atoms with Gasteiger partial charge in [0, 0.05) is 6.54 Å². The molecule has 2 N–H and O–H groups in total. The second-order valence-electron chi connectivity index (χ2n) is 5.17. The average molecular weight is 359 g/mol. The largest absolute Gasteiger partial charge is 0.473 e. The Morgan fingerprint density at radius 1 is 1.00 bits per heavy atom. The standard InChI is InChI=1S/C13H19NO3S.C2H2O4/c15-18(16,17-13-7-3-1-4-8-13)12-11-14-9-5-2-6-10-14;3-1(4)2(5)6/h1,3-4,7-8H,2,5-6,9-12H2;(H,3,4)(H,5,6). The number of nitrogens with zero attached hydrogens (tertiary/aromatic N) is 1. The molecule has 0 aliphatic carbocycles. The number of hydrogen-bond acceptors (Lipinski definition) is 6. The molecule has 0 radical (unpaired) electrons. The fourth-order valence-electron chi connectivity index (χ4n) is 2.09. The molecule has 1 aliphatic heterocycles. The average Bonchev–Trinajstić information content (AvgIpc) is 2.55. The Kier molecular flexibility index (Phi) is 8.20. The Bertz CT molecular complexity index is 612. The second-order valence-corrected chi connectivity index (χ2v) is 6.86. The first-order chi connectivity index (χ1) is 11.3. The van der Waals surface area contributed by atoms with Crippen molar-refractivity contribution in [3.8, 4) is 5.75 Å². The van der Waals surface area contributed by atoms with E-state index in [1.54, 1.807) is 24.3 Å². The minimum Gasteiger partial charge on any atom is -0.473 e. The lowest BCUT2D eigenvalue weighted by atomic mass is 10.1. The minimum absolute atomic E-state index is 0.0574. The topological polar surface area (TPSA) is 121 Å². The summed E-state index contributed by atoms with van der Waals surface area (Å²) in [4.78, 5) is 20.4. The van der Waals surface area contributed by atoms with E-state index in [1.807, 2.05) is 6.07 Å². The number of rotatable bonds is 5. The van der Waals surface area contributed by atoms with Crippen molar-refractivity contribution in [2.45, 2.75) is 19.3 Å². The Hall–Kier alpha value is -2.13. The number of likely N-dealkylation sites (tertiary alicyclic amines) is 1. The Labute approximate surface area is 140 Å². The fourth-order valence-corrected chi connectivity index (χ4v) is 3.06. The van der Waals surface area contributed by atoms with Gasteiger partial charge in [-0.05, 0) is 38.1 Å². The van der Waals surface area contributed by atoms with Crippen molar-refractivity contribution in [3.05, 3.63) is 30.3 Å². The van der Waals surface area contributed by atoms with Crippen molar-refractivity contribution in [1.29, 1.82) is 0 Å². The van der Waals surface area contributed by atoms with Crippen LogP contribution in [0.5, 0.6) is 5.75 Å². The molecule has 0 bridgehead atoms. The van der Waals surface area contributed by atoms with E-state index in [0.717, 1.165) is 13.1 Å². The van der Waals surface area contributed by atoms with Crippen molar-refractivity contribution < 1.29 is 32.4 Å². The number of carboxylic acid groups (broad SMARTS) is 2. The number of carboxylic acids is 2. The number of aliphatic carboxylic acids is 2. The molecule has 2 rings (SSSR count). The van der Waals surface area contributed by atoms with E-state index in [-0.39, 0.29) is 5.75 Å². The smallest absolute Gasteiger partial charge is 0.414 e. The van der Waals surface area contributed by atoms with E-state index >= 15 is 0 Å². The minimum atomic E-state index is -3.48. The summed E-state index contributed by atoms with van der Waals surface area (Å²) in [5.74, 6) is -3.21. The SMILES string of the molecule is O=C(O)C(=O)O.O=S(=O)(CCN1CCCCC1)Oc1ccccc1. The normalized spacial score (nSPS) is 15.0. The van der Waals surface area contributed by atoms with Crippen molar-refractivity contribution >= 4 is 22.1 Å². The van der Waals surface area contributed by atoms with Crippen molar-refractivity contribution in [1.82, 2.24) is 4.90 Å². The van der Waals surface area contributed by atoms with Gasteiger partial charge < -0.3 is 19.3 Å². The van der Waals surface area contributed by atoms with Crippen LogP contribution in [0.2, 0.25) is 0 Å². The molecule has 1 fully saturated rings. The van der Waals surface area contributed by atoms with Gasteiger partial charge in [0.2, 0.25) is 0 Å². The van der Waals surface area contributed by atoms with Gasteiger partial charge in [-0.15, -0.1) is 0 Å². The zero-order chi connectivity index (χ0) is 18.0. The van der Waals surface area contributed by atoms with Crippen LogP contribution >= 0.6 is 0 Å². The third kappa shape index (κ3) is 8.49. The number of carbonyl (C=O) groups is 2. The van der Waals surface area contributed by atoms with Gasteiger partial charge in [0.1, 0.15) is 5.75 Å². The van der Waals surface area contributed by atoms with Gasteiger partial charge in [-0.25, -0.2) is 9.59 Å². The van der Waals surface area contributed by atoms with E-state index in [0.29, 0.717) is 12.3 Å². The maximum absolute atomic E-state index is 11.8. The number of benzene rings is 1. The van der Waals surface area contributed by atoms with Crippen LogP contribution in [0, 0.1) is 0 Å². The van der Waals surface area contributed by atoms with Gasteiger partial charge in [0.05, 0.1) is 5.75 Å². The molecule has 1 aromatic carbocycles. The van der Waals surface area contributed by atoms with Crippen LogP contribution in [0.15, 0.2) is 30.3 Å². The molecule has 9 heteroatoms. The summed E-state index contributed by atoms with van der Waals surface area (Å²) in [6.45, 7) is 2.57. The van der Waals surface area contributed by atoms with Crippen molar-refractivity contribution in [2.24, 2.45) is 0 Å².